The highest BCUT2D eigenvalue weighted by Crippen LogP contribution is 2.46. The van der Waals surface area contributed by atoms with Crippen LogP contribution in [-0.4, -0.2) is 0 Å². The predicted molar refractivity (Wildman–Crippen MR) is 266 cm³/mol. The zero-order valence-electron chi connectivity index (χ0n) is 34.9. The molecule has 0 saturated heterocycles. The molecule has 0 bridgehead atoms. The van der Waals surface area contributed by atoms with Gasteiger partial charge in [0, 0.05) is 40.5 Å². The molecule has 10 aromatic rings. The van der Waals surface area contributed by atoms with Gasteiger partial charge in [-0.3, -0.25) is 0 Å². The second kappa shape index (κ2) is 16.7. The minimum Gasteiger partial charge on any atom is -0.310 e. The number of hydrogen-bond acceptors (Lipinski definition) is 2. The fraction of sp³-hybridized carbons (Fsp3) is 0.0164. The Labute approximate surface area is 370 Å². The van der Waals surface area contributed by atoms with Gasteiger partial charge in [-0.15, -0.1) is 0 Å². The van der Waals surface area contributed by atoms with Crippen LogP contribution in [0.15, 0.2) is 255 Å². The highest BCUT2D eigenvalue weighted by atomic mass is 15.2. The summed E-state index contributed by atoms with van der Waals surface area (Å²) in [6, 6.07) is 92.4. The van der Waals surface area contributed by atoms with Crippen LogP contribution in [0, 0.1) is 0 Å². The summed E-state index contributed by atoms with van der Waals surface area (Å²) in [6.07, 6.45) is 0.935. The third kappa shape index (κ3) is 7.39. The molecule has 0 fully saturated rings. The van der Waals surface area contributed by atoms with E-state index in [0.717, 1.165) is 34.7 Å². The maximum atomic E-state index is 2.42. The normalized spacial score (nSPS) is 11.7. The fourth-order valence-electron chi connectivity index (χ4n) is 9.24. The van der Waals surface area contributed by atoms with Crippen molar-refractivity contribution in [3.8, 4) is 55.6 Å². The molecule has 1 aliphatic heterocycles. The predicted octanol–water partition coefficient (Wildman–Crippen LogP) is 16.9. The topological polar surface area (TPSA) is 6.48 Å². The van der Waals surface area contributed by atoms with Gasteiger partial charge in [0.1, 0.15) is 0 Å². The number of para-hydroxylation sites is 2. The van der Waals surface area contributed by atoms with Crippen molar-refractivity contribution >= 4 is 34.1 Å². The standard InChI is InChI=1S/C61H44N2/c1-5-18-45(19-6-1)56-38-36-54(42-58(56)47-22-9-3-10-23-47)62(55-37-39-57(46-20-7-2-8-21-46)59(43-55)48-24-11-4-12-25-48)52-34-32-44(33-35-52)49-28-17-29-53(41-49)63-60-30-15-13-26-50(60)40-51-27-14-16-31-61(51)63/h1-39,41-43H,40H2. The van der Waals surface area contributed by atoms with E-state index in [-0.39, 0.29) is 0 Å². The molecule has 0 N–H and O–H groups in total. The molecule has 0 amide bonds. The summed E-state index contributed by atoms with van der Waals surface area (Å²) in [5, 5.41) is 0. The molecule has 0 atom stereocenters. The van der Waals surface area contributed by atoms with Crippen LogP contribution in [0.1, 0.15) is 11.1 Å². The van der Waals surface area contributed by atoms with Crippen LogP contribution in [-0.2, 0) is 6.42 Å². The maximum absolute atomic E-state index is 2.42. The van der Waals surface area contributed by atoms with Gasteiger partial charge in [0.15, 0.2) is 0 Å². The Balaban J connectivity index is 1.05. The third-order valence-electron chi connectivity index (χ3n) is 12.3. The van der Waals surface area contributed by atoms with Crippen molar-refractivity contribution in [2.24, 2.45) is 0 Å². The van der Waals surface area contributed by atoms with E-state index in [1.54, 1.807) is 0 Å². The molecular formula is C61H44N2. The summed E-state index contributed by atoms with van der Waals surface area (Å²) >= 11 is 0. The average molecular weight is 805 g/mol. The Hall–Kier alpha value is -8.20. The third-order valence-corrected chi connectivity index (χ3v) is 12.3. The molecule has 1 heterocycles. The van der Waals surface area contributed by atoms with Crippen molar-refractivity contribution in [1.82, 2.24) is 0 Å². The molecule has 0 aromatic heterocycles. The Morgan fingerprint density at radius 3 is 1.14 bits per heavy atom. The molecule has 2 heteroatoms. The summed E-state index contributed by atoms with van der Waals surface area (Å²) in [5.41, 5.74) is 21.4. The summed E-state index contributed by atoms with van der Waals surface area (Å²) in [4.78, 5) is 4.82. The van der Waals surface area contributed by atoms with Crippen LogP contribution < -0.4 is 9.80 Å². The van der Waals surface area contributed by atoms with Crippen LogP contribution in [0.2, 0.25) is 0 Å². The lowest BCUT2D eigenvalue weighted by Crippen LogP contribution is -2.18. The van der Waals surface area contributed by atoms with Crippen molar-refractivity contribution in [3.05, 3.63) is 266 Å². The first-order valence-corrected chi connectivity index (χ1v) is 21.7. The maximum Gasteiger partial charge on any atom is 0.0497 e. The SMILES string of the molecule is c1ccc(-c2ccc(N(c3ccc(-c4cccc(N5c6ccccc6Cc6ccccc65)c4)cc3)c3ccc(-c4ccccc4)c(-c4ccccc4)c3)cc2-c2ccccc2)cc1. The number of nitrogens with zero attached hydrogens (tertiary/aromatic N) is 2. The molecule has 0 spiro atoms. The zero-order valence-corrected chi connectivity index (χ0v) is 34.9. The molecule has 0 unspecified atom stereocenters. The minimum absolute atomic E-state index is 0.935. The van der Waals surface area contributed by atoms with E-state index in [1.807, 2.05) is 0 Å². The van der Waals surface area contributed by atoms with Crippen LogP contribution >= 0.6 is 0 Å². The first-order valence-electron chi connectivity index (χ1n) is 21.7. The molecule has 0 radical (unpaired) electrons. The van der Waals surface area contributed by atoms with Crippen LogP contribution in [0.3, 0.4) is 0 Å². The van der Waals surface area contributed by atoms with Gasteiger partial charge in [-0.25, -0.2) is 0 Å². The van der Waals surface area contributed by atoms with Gasteiger partial charge in [-0.2, -0.15) is 0 Å². The molecule has 298 valence electrons. The van der Waals surface area contributed by atoms with Gasteiger partial charge in [-0.1, -0.05) is 194 Å². The average Bonchev–Trinajstić information content (AvgIpc) is 3.37. The van der Waals surface area contributed by atoms with E-state index >= 15 is 0 Å². The summed E-state index contributed by atoms with van der Waals surface area (Å²) in [5.74, 6) is 0. The Morgan fingerprint density at radius 1 is 0.270 bits per heavy atom. The molecule has 1 aliphatic rings. The highest BCUT2D eigenvalue weighted by Gasteiger charge is 2.24. The molecule has 10 aromatic carbocycles. The largest absolute Gasteiger partial charge is 0.310 e. The fourth-order valence-corrected chi connectivity index (χ4v) is 9.24. The van der Waals surface area contributed by atoms with Crippen molar-refractivity contribution in [2.45, 2.75) is 6.42 Å². The number of anilines is 6. The van der Waals surface area contributed by atoms with Crippen molar-refractivity contribution in [2.75, 3.05) is 9.80 Å². The van der Waals surface area contributed by atoms with E-state index in [9.17, 15) is 0 Å². The van der Waals surface area contributed by atoms with Crippen LogP contribution in [0.25, 0.3) is 55.6 Å². The van der Waals surface area contributed by atoms with Gasteiger partial charge >= 0.3 is 0 Å². The van der Waals surface area contributed by atoms with E-state index in [2.05, 4.69) is 265 Å². The highest BCUT2D eigenvalue weighted by molar-refractivity contribution is 5.92. The first-order chi connectivity index (χ1) is 31.2. The van der Waals surface area contributed by atoms with E-state index < -0.39 is 0 Å². The van der Waals surface area contributed by atoms with Crippen molar-refractivity contribution in [1.29, 1.82) is 0 Å². The Morgan fingerprint density at radius 2 is 0.667 bits per heavy atom. The lowest BCUT2D eigenvalue weighted by molar-refractivity contribution is 1.09. The van der Waals surface area contributed by atoms with Crippen LogP contribution in [0.5, 0.6) is 0 Å². The molecule has 63 heavy (non-hydrogen) atoms. The number of benzene rings is 10. The monoisotopic (exact) mass is 804 g/mol. The lowest BCUT2D eigenvalue weighted by atomic mass is 9.92. The number of fused-ring (bicyclic) bond motifs is 2. The van der Waals surface area contributed by atoms with Gasteiger partial charge < -0.3 is 9.80 Å². The van der Waals surface area contributed by atoms with E-state index in [1.165, 1.54) is 72.6 Å². The van der Waals surface area contributed by atoms with E-state index in [0.29, 0.717) is 0 Å². The first kappa shape index (κ1) is 37.8. The quantitative estimate of drug-likeness (QED) is 0.143. The molecule has 0 saturated carbocycles. The van der Waals surface area contributed by atoms with E-state index in [4.69, 9.17) is 0 Å². The molecule has 2 nitrogen and oxygen atoms in total. The Kier molecular flexibility index (Phi) is 10.0. The summed E-state index contributed by atoms with van der Waals surface area (Å²) < 4.78 is 0. The number of rotatable bonds is 9. The molecule has 11 rings (SSSR count). The minimum atomic E-state index is 0.935. The van der Waals surface area contributed by atoms with Gasteiger partial charge in [0.25, 0.3) is 0 Å². The lowest BCUT2D eigenvalue weighted by Gasteiger charge is -2.33. The number of hydrogen-bond donors (Lipinski definition) is 0. The summed E-state index contributed by atoms with van der Waals surface area (Å²) in [6.45, 7) is 0. The zero-order chi connectivity index (χ0) is 42.0. The second-order valence-corrected chi connectivity index (χ2v) is 16.1. The van der Waals surface area contributed by atoms with Gasteiger partial charge in [-0.05, 0) is 127 Å². The summed E-state index contributed by atoms with van der Waals surface area (Å²) in [7, 11) is 0. The van der Waals surface area contributed by atoms with Gasteiger partial charge in [0.2, 0.25) is 0 Å². The Bertz CT molecular complexity index is 3000. The van der Waals surface area contributed by atoms with Crippen molar-refractivity contribution < 1.29 is 0 Å². The smallest absolute Gasteiger partial charge is 0.0497 e. The molecular weight excluding hydrogens is 761 g/mol. The van der Waals surface area contributed by atoms with Crippen molar-refractivity contribution in [3.63, 3.8) is 0 Å². The second-order valence-electron chi connectivity index (χ2n) is 16.1. The van der Waals surface area contributed by atoms with Gasteiger partial charge in [0.05, 0.1) is 0 Å². The van der Waals surface area contributed by atoms with Crippen LogP contribution in [0.4, 0.5) is 34.1 Å². The molecule has 0 aliphatic carbocycles.